The van der Waals surface area contributed by atoms with Gasteiger partial charge in [-0.3, -0.25) is 0 Å². The molecule has 1 spiro atoms. The third-order valence-electron chi connectivity index (χ3n) is 4.42. The summed E-state index contributed by atoms with van der Waals surface area (Å²) < 4.78 is 6.28. The molecule has 3 unspecified atom stereocenters. The van der Waals surface area contributed by atoms with E-state index < -0.39 is 0 Å². The molecule has 18 heavy (non-hydrogen) atoms. The van der Waals surface area contributed by atoms with Crippen molar-refractivity contribution >= 4 is 11.3 Å². The topological polar surface area (TPSA) is 34.1 Å². The fourth-order valence-corrected chi connectivity index (χ4v) is 4.18. The van der Waals surface area contributed by atoms with E-state index in [-0.39, 0.29) is 5.60 Å². The van der Waals surface area contributed by atoms with E-state index in [1.807, 2.05) is 6.20 Å². The zero-order valence-electron chi connectivity index (χ0n) is 11.0. The molecule has 2 aliphatic rings. The highest BCUT2D eigenvalue weighted by atomic mass is 32.1. The molecule has 1 saturated carbocycles. The van der Waals surface area contributed by atoms with Crippen molar-refractivity contribution in [2.24, 2.45) is 5.92 Å². The molecule has 100 valence electrons. The molecule has 1 aromatic rings. The second-order valence-electron chi connectivity index (χ2n) is 5.71. The smallest absolute Gasteiger partial charge is 0.112 e. The molecule has 0 bridgehead atoms. The summed E-state index contributed by atoms with van der Waals surface area (Å²) in [6.07, 6.45) is 8.16. The zero-order valence-corrected chi connectivity index (χ0v) is 11.8. The number of nitrogens with zero attached hydrogens (tertiary/aromatic N) is 1. The van der Waals surface area contributed by atoms with Gasteiger partial charge >= 0.3 is 0 Å². The molecule has 2 heterocycles. The molecule has 1 saturated heterocycles. The summed E-state index contributed by atoms with van der Waals surface area (Å²) in [5, 5.41) is 6.91. The van der Waals surface area contributed by atoms with Crippen LogP contribution in [0.1, 0.15) is 50.1 Å². The van der Waals surface area contributed by atoms with Gasteiger partial charge in [-0.05, 0) is 25.2 Å². The second kappa shape index (κ2) is 5.27. The minimum atomic E-state index is 0.000856. The lowest BCUT2D eigenvalue weighted by molar-refractivity contribution is -0.108. The summed E-state index contributed by atoms with van der Waals surface area (Å²) in [5.41, 5.74) is 0.000856. The van der Waals surface area contributed by atoms with Crippen LogP contribution in [-0.4, -0.2) is 23.7 Å². The first-order valence-corrected chi connectivity index (χ1v) is 7.95. The van der Waals surface area contributed by atoms with E-state index in [2.05, 4.69) is 22.6 Å². The van der Waals surface area contributed by atoms with Gasteiger partial charge < -0.3 is 10.1 Å². The fourth-order valence-electron chi connectivity index (χ4n) is 3.36. The summed E-state index contributed by atoms with van der Waals surface area (Å²) in [5.74, 6) is 0.840. The lowest BCUT2D eigenvalue weighted by Crippen LogP contribution is -2.52. The summed E-state index contributed by atoms with van der Waals surface area (Å²) in [6, 6.07) is 0.302. The Morgan fingerprint density at radius 1 is 1.44 bits per heavy atom. The Hall–Kier alpha value is -0.450. The summed E-state index contributed by atoms with van der Waals surface area (Å²) >= 11 is 1.75. The summed E-state index contributed by atoms with van der Waals surface area (Å²) in [6.45, 7) is 4.16. The maximum absolute atomic E-state index is 6.28. The van der Waals surface area contributed by atoms with Crippen molar-refractivity contribution in [1.82, 2.24) is 10.3 Å². The Labute approximate surface area is 113 Å². The molecule has 0 amide bonds. The van der Waals surface area contributed by atoms with Gasteiger partial charge in [-0.2, -0.15) is 0 Å². The second-order valence-corrected chi connectivity index (χ2v) is 6.63. The predicted octanol–water partition coefficient (Wildman–Crippen LogP) is 3.14. The van der Waals surface area contributed by atoms with E-state index in [1.54, 1.807) is 11.3 Å². The minimum Gasteiger partial charge on any atom is -0.372 e. The third kappa shape index (κ3) is 2.33. The molecule has 1 aliphatic carbocycles. The van der Waals surface area contributed by atoms with Gasteiger partial charge in [0.2, 0.25) is 0 Å². The number of rotatable bonds is 1. The van der Waals surface area contributed by atoms with E-state index in [9.17, 15) is 0 Å². The lowest BCUT2D eigenvalue weighted by Gasteiger charge is -2.43. The Morgan fingerprint density at radius 2 is 2.39 bits per heavy atom. The molecule has 2 fully saturated rings. The van der Waals surface area contributed by atoms with Gasteiger partial charge in [-0.25, -0.2) is 4.98 Å². The summed E-state index contributed by atoms with van der Waals surface area (Å²) in [4.78, 5) is 4.52. The molecular weight excluding hydrogens is 244 g/mol. The van der Waals surface area contributed by atoms with Gasteiger partial charge in [-0.15, -0.1) is 11.3 Å². The van der Waals surface area contributed by atoms with Crippen LogP contribution in [0.25, 0.3) is 0 Å². The van der Waals surface area contributed by atoms with Gasteiger partial charge in [0.15, 0.2) is 0 Å². The molecule has 3 nitrogen and oxygen atoms in total. The van der Waals surface area contributed by atoms with E-state index in [0.717, 1.165) is 19.1 Å². The van der Waals surface area contributed by atoms with E-state index >= 15 is 0 Å². The standard InChI is InChI=1S/C14H22N2OS/c1-11-3-2-5-14(6-4-11)12(15-7-9-17-14)13-16-8-10-18-13/h8,10-12,15H,2-7,9H2,1H3. The van der Waals surface area contributed by atoms with Gasteiger partial charge in [0, 0.05) is 18.1 Å². The SMILES string of the molecule is CC1CCCC2(CC1)OCCNC2c1nccs1. The van der Waals surface area contributed by atoms with Crippen LogP contribution in [0, 0.1) is 5.92 Å². The first kappa shape index (κ1) is 12.6. The van der Waals surface area contributed by atoms with Gasteiger partial charge in [0.05, 0.1) is 18.2 Å². The number of aromatic nitrogens is 1. The van der Waals surface area contributed by atoms with Crippen LogP contribution < -0.4 is 5.32 Å². The molecule has 0 radical (unpaired) electrons. The number of morpholine rings is 1. The van der Waals surface area contributed by atoms with Crippen LogP contribution in [0.5, 0.6) is 0 Å². The molecule has 1 N–H and O–H groups in total. The molecule has 1 aromatic heterocycles. The van der Waals surface area contributed by atoms with Crippen molar-refractivity contribution in [3.05, 3.63) is 16.6 Å². The third-order valence-corrected chi connectivity index (χ3v) is 5.26. The molecule has 3 rings (SSSR count). The number of hydrogen-bond donors (Lipinski definition) is 1. The van der Waals surface area contributed by atoms with E-state index in [4.69, 9.17) is 4.74 Å². The average molecular weight is 266 g/mol. The number of ether oxygens (including phenoxy) is 1. The van der Waals surface area contributed by atoms with Gasteiger partial charge in [-0.1, -0.05) is 19.8 Å². The largest absolute Gasteiger partial charge is 0.372 e. The van der Waals surface area contributed by atoms with E-state index in [0.29, 0.717) is 6.04 Å². The molecule has 4 heteroatoms. The van der Waals surface area contributed by atoms with Crippen molar-refractivity contribution in [2.45, 2.75) is 50.7 Å². The quantitative estimate of drug-likeness (QED) is 0.848. The average Bonchev–Trinajstić information content (AvgIpc) is 2.84. The fraction of sp³-hybridized carbons (Fsp3) is 0.786. The Balaban J connectivity index is 1.86. The highest BCUT2D eigenvalue weighted by Gasteiger charge is 2.44. The van der Waals surface area contributed by atoms with Crippen LogP contribution >= 0.6 is 11.3 Å². The Bertz CT molecular complexity index is 381. The van der Waals surface area contributed by atoms with Crippen LogP contribution in [0.3, 0.4) is 0 Å². The predicted molar refractivity (Wildman–Crippen MR) is 73.8 cm³/mol. The normalized spacial score (nSPS) is 37.6. The monoisotopic (exact) mass is 266 g/mol. The zero-order chi connectivity index (χ0) is 12.4. The highest BCUT2D eigenvalue weighted by Crippen LogP contribution is 2.43. The van der Waals surface area contributed by atoms with Crippen molar-refractivity contribution in [1.29, 1.82) is 0 Å². The van der Waals surface area contributed by atoms with E-state index in [1.165, 1.54) is 37.1 Å². The van der Waals surface area contributed by atoms with Crippen molar-refractivity contribution in [3.63, 3.8) is 0 Å². The number of hydrogen-bond acceptors (Lipinski definition) is 4. The first-order chi connectivity index (χ1) is 8.80. The Morgan fingerprint density at radius 3 is 3.22 bits per heavy atom. The maximum Gasteiger partial charge on any atom is 0.112 e. The van der Waals surface area contributed by atoms with Crippen LogP contribution in [0.2, 0.25) is 0 Å². The minimum absolute atomic E-state index is 0.000856. The molecule has 1 aliphatic heterocycles. The molecular formula is C14H22N2OS. The maximum atomic E-state index is 6.28. The van der Waals surface area contributed by atoms with Crippen molar-refractivity contribution < 1.29 is 4.74 Å². The van der Waals surface area contributed by atoms with Crippen molar-refractivity contribution in [3.8, 4) is 0 Å². The molecule has 3 atom stereocenters. The van der Waals surface area contributed by atoms with Gasteiger partial charge in [0.1, 0.15) is 5.01 Å². The highest BCUT2D eigenvalue weighted by molar-refractivity contribution is 7.09. The first-order valence-electron chi connectivity index (χ1n) is 7.07. The lowest BCUT2D eigenvalue weighted by atomic mass is 9.85. The number of nitrogens with one attached hydrogen (secondary N) is 1. The summed E-state index contributed by atoms with van der Waals surface area (Å²) in [7, 11) is 0. The van der Waals surface area contributed by atoms with Crippen LogP contribution in [0.15, 0.2) is 11.6 Å². The van der Waals surface area contributed by atoms with Crippen LogP contribution in [0.4, 0.5) is 0 Å². The van der Waals surface area contributed by atoms with Gasteiger partial charge in [0.25, 0.3) is 0 Å². The molecule has 0 aromatic carbocycles. The van der Waals surface area contributed by atoms with Crippen LogP contribution in [-0.2, 0) is 4.74 Å². The Kier molecular flexibility index (Phi) is 3.68. The number of thiazole rings is 1. The van der Waals surface area contributed by atoms with Crippen molar-refractivity contribution in [2.75, 3.05) is 13.2 Å².